The van der Waals surface area contributed by atoms with Gasteiger partial charge in [0.25, 0.3) is 0 Å². The van der Waals surface area contributed by atoms with Crippen LogP contribution in [0.3, 0.4) is 0 Å². The van der Waals surface area contributed by atoms with Crippen molar-refractivity contribution in [2.75, 3.05) is 30.6 Å². The van der Waals surface area contributed by atoms with Crippen molar-refractivity contribution in [2.45, 2.75) is 60.3 Å². The monoisotopic (exact) mass is 1440 g/mol. The summed E-state index contributed by atoms with van der Waals surface area (Å²) in [5, 5.41) is 6.19. The number of hydrogen-bond donors (Lipinski definition) is 0. The Bertz CT molecular complexity index is 4400. The first kappa shape index (κ1) is 80.5. The van der Waals surface area contributed by atoms with Gasteiger partial charge in [-0.3, -0.25) is 0 Å². The SMILES string of the molecule is CB(c1ccccc1)c1ccccc1.CC(c1ccccc1)(c1ccccc1)c1ccccc1.CN(c1ccccc1)c1ccccc1.CP(=O)(c1ccccc1)c1ccccc1.C[Si](c1ccccc1)(c1ccccc1)c1ccccc1.Cc1cc(C)cc(C)c1.Cc1ccc(N(C)c2ccc(C)cc2)cc1. The van der Waals surface area contributed by atoms with Gasteiger partial charge in [-0.1, -0.05) is 434 Å². The summed E-state index contributed by atoms with van der Waals surface area (Å²) in [4.78, 5) is 4.36. The molecule has 6 heteroatoms. The normalized spacial score (nSPS) is 10.6. The first-order valence-corrected chi connectivity index (χ1v) is 42.0. The summed E-state index contributed by atoms with van der Waals surface area (Å²) in [6.45, 7) is 19.9. The van der Waals surface area contributed by atoms with E-state index in [1.165, 1.54) is 93.7 Å². The van der Waals surface area contributed by atoms with Crippen LogP contribution in [-0.4, -0.2) is 35.5 Å². The first-order chi connectivity index (χ1) is 52.4. The molecule has 0 unspecified atom stereocenters. The molecule has 0 heterocycles. The second-order valence-corrected chi connectivity index (χ2v) is 34.6. The van der Waals surface area contributed by atoms with E-state index >= 15 is 0 Å². The summed E-state index contributed by atoms with van der Waals surface area (Å²) in [5.74, 6) is 0. The molecule has 0 fully saturated rings. The van der Waals surface area contributed by atoms with E-state index < -0.39 is 15.2 Å². The van der Waals surface area contributed by atoms with E-state index in [9.17, 15) is 4.57 Å². The molecular formula is C102H104BN2OPSi. The maximum absolute atomic E-state index is 12.6. The molecule has 0 aliphatic rings. The largest absolute Gasteiger partial charge is 0.345 e. The van der Waals surface area contributed by atoms with Crippen LogP contribution >= 0.6 is 7.14 Å². The molecule has 0 saturated heterocycles. The van der Waals surface area contributed by atoms with Gasteiger partial charge in [-0.25, -0.2) is 0 Å². The molecule has 108 heavy (non-hydrogen) atoms. The highest BCUT2D eigenvalue weighted by Gasteiger charge is 2.34. The van der Waals surface area contributed by atoms with Gasteiger partial charge in [0.15, 0.2) is 0 Å². The third-order valence-corrected chi connectivity index (χ3v) is 26.7. The molecule has 0 atom stereocenters. The number of hydrogen-bond acceptors (Lipinski definition) is 3. The van der Waals surface area contributed by atoms with Crippen molar-refractivity contribution in [3.8, 4) is 0 Å². The van der Waals surface area contributed by atoms with E-state index in [4.69, 9.17) is 0 Å². The zero-order chi connectivity index (χ0) is 76.4. The number of anilines is 4. The van der Waals surface area contributed by atoms with E-state index in [0.717, 1.165) is 10.6 Å². The lowest BCUT2D eigenvalue weighted by molar-refractivity contribution is 0.590. The van der Waals surface area contributed by atoms with Crippen molar-refractivity contribution in [3.05, 3.63) is 475 Å². The second-order valence-electron chi connectivity index (χ2n) is 27.7. The number of rotatable bonds is 14. The molecule has 3 nitrogen and oxygen atoms in total. The van der Waals surface area contributed by atoms with Crippen LogP contribution < -0.4 is 46.9 Å². The Morgan fingerprint density at radius 1 is 0.278 bits per heavy atom. The van der Waals surface area contributed by atoms with Gasteiger partial charge < -0.3 is 14.4 Å². The summed E-state index contributed by atoms with van der Waals surface area (Å²) in [6, 6.07) is 150. The lowest BCUT2D eigenvalue weighted by atomic mass is 9.43. The average Bonchev–Trinajstić information content (AvgIpc) is 0.778. The molecule has 0 bridgehead atoms. The van der Waals surface area contributed by atoms with Crippen LogP contribution in [0.1, 0.15) is 51.4 Å². The minimum absolute atomic E-state index is 0.121. The molecule has 0 aromatic heterocycles. The Morgan fingerprint density at radius 2 is 0.481 bits per heavy atom. The topological polar surface area (TPSA) is 23.6 Å². The van der Waals surface area contributed by atoms with Crippen LogP contribution in [0.5, 0.6) is 0 Å². The fourth-order valence-corrected chi connectivity index (χ4v) is 18.6. The van der Waals surface area contributed by atoms with Gasteiger partial charge in [0.2, 0.25) is 6.71 Å². The molecule has 0 amide bonds. The minimum Gasteiger partial charge on any atom is -0.345 e. The highest BCUT2D eigenvalue weighted by molar-refractivity contribution is 7.78. The van der Waals surface area contributed by atoms with Gasteiger partial charge in [-0.05, 0) is 129 Å². The molecule has 0 saturated carbocycles. The Morgan fingerprint density at radius 3 is 0.731 bits per heavy atom. The van der Waals surface area contributed by atoms with Gasteiger partial charge in [0, 0.05) is 52.9 Å². The zero-order valence-corrected chi connectivity index (χ0v) is 66.7. The van der Waals surface area contributed by atoms with Crippen LogP contribution in [0.25, 0.3) is 0 Å². The lowest BCUT2D eigenvalue weighted by Crippen LogP contribution is -2.64. The standard InChI is InChI=1S/C20H18.C19H18Si.C15H17N.C13H13B.C13H13N.C13H13OP.C9H12/c2*1-20(17-11-5-2-6-12-17,18-13-7-3-8-14-18)19-15-9-4-10-16-19;1-12-4-8-14(9-5-12)16(3)15-10-6-13(2)7-11-15;2*1-14(12-8-4-2-5-9-12)13-10-6-3-7-11-13;1-15(14,12-8-4-2-5-9-12)13-10-6-3-7-11-13;1-7-4-8(2)6-9(3)5-7/h2*2-16H,1H3;4-11H,1-3H3;2*2-11H,1H3;2-11H,1H3;4-6H,1-3H3. The summed E-state index contributed by atoms with van der Waals surface area (Å²) in [6.07, 6.45) is 0. The Balaban J connectivity index is 0.000000147. The van der Waals surface area contributed by atoms with Crippen molar-refractivity contribution >= 4 is 81.8 Å². The Kier molecular flexibility index (Phi) is 30.8. The number of aryl methyl sites for hydroxylation is 5. The Labute approximate surface area is 648 Å². The molecule has 0 aliphatic heterocycles. The van der Waals surface area contributed by atoms with E-state index in [1.54, 1.807) is 0 Å². The molecule has 15 aromatic carbocycles. The third kappa shape index (κ3) is 23.2. The average molecular weight is 1440 g/mol. The fraction of sp³-hybridized carbons (Fsp3) is 0.118. The molecule has 15 rings (SSSR count). The van der Waals surface area contributed by atoms with Gasteiger partial charge in [0.1, 0.15) is 15.2 Å². The highest BCUT2D eigenvalue weighted by Crippen LogP contribution is 2.39. The lowest BCUT2D eigenvalue weighted by Gasteiger charge is -2.31. The number of para-hydroxylation sites is 2. The molecule has 0 spiro atoms. The van der Waals surface area contributed by atoms with E-state index in [1.807, 2.05) is 79.5 Å². The van der Waals surface area contributed by atoms with E-state index in [-0.39, 0.29) is 5.41 Å². The maximum Gasteiger partial charge on any atom is 0.206 e. The van der Waals surface area contributed by atoms with Crippen LogP contribution in [-0.2, 0) is 9.98 Å². The smallest absolute Gasteiger partial charge is 0.206 e. The van der Waals surface area contributed by atoms with Gasteiger partial charge >= 0.3 is 0 Å². The van der Waals surface area contributed by atoms with Crippen LogP contribution in [0.4, 0.5) is 22.7 Å². The zero-order valence-electron chi connectivity index (χ0n) is 64.8. The predicted molar refractivity (Wildman–Crippen MR) is 476 cm³/mol. The van der Waals surface area contributed by atoms with Crippen molar-refractivity contribution in [2.24, 2.45) is 0 Å². The van der Waals surface area contributed by atoms with Crippen molar-refractivity contribution in [1.82, 2.24) is 0 Å². The molecule has 0 radical (unpaired) electrons. The summed E-state index contributed by atoms with van der Waals surface area (Å²) in [7, 11) is -0.108. The van der Waals surface area contributed by atoms with E-state index in [0.29, 0.717) is 6.71 Å². The molecule has 15 aromatic rings. The summed E-state index contributed by atoms with van der Waals surface area (Å²) in [5.41, 5.74) is 18.1. The maximum atomic E-state index is 12.6. The molecule has 0 N–H and O–H groups in total. The quantitative estimate of drug-likeness (QED) is 0.0616. The first-order valence-electron chi connectivity index (χ1n) is 37.3. The third-order valence-electron chi connectivity index (χ3n) is 19.7. The molecular weight excluding hydrogens is 1340 g/mol. The number of nitrogens with zero attached hydrogens (tertiary/aromatic N) is 2. The van der Waals surface area contributed by atoms with Crippen molar-refractivity contribution < 1.29 is 4.57 Å². The molecule has 0 aliphatic carbocycles. The number of benzene rings is 15. The van der Waals surface area contributed by atoms with Gasteiger partial charge in [0.05, 0.1) is 0 Å². The van der Waals surface area contributed by atoms with Crippen LogP contribution in [0.2, 0.25) is 13.4 Å². The summed E-state index contributed by atoms with van der Waals surface area (Å²) < 4.78 is 12.6. The molecule has 540 valence electrons. The summed E-state index contributed by atoms with van der Waals surface area (Å²) >= 11 is 0. The predicted octanol–water partition coefficient (Wildman–Crippen LogP) is 22.5. The highest BCUT2D eigenvalue weighted by atomic mass is 31.2. The van der Waals surface area contributed by atoms with Crippen LogP contribution in [0.15, 0.2) is 431 Å². The van der Waals surface area contributed by atoms with Gasteiger partial charge in [-0.2, -0.15) is 0 Å². The van der Waals surface area contributed by atoms with E-state index in [2.05, 4.69) is 437 Å². The van der Waals surface area contributed by atoms with Gasteiger partial charge in [-0.15, -0.1) is 0 Å². The van der Waals surface area contributed by atoms with Crippen molar-refractivity contribution in [1.29, 1.82) is 0 Å². The van der Waals surface area contributed by atoms with Crippen LogP contribution in [0, 0.1) is 34.6 Å². The Hall–Kier alpha value is -11.6. The van der Waals surface area contributed by atoms with Crippen molar-refractivity contribution in [3.63, 3.8) is 0 Å². The second kappa shape index (κ2) is 41.4. The fourth-order valence-electron chi connectivity index (χ4n) is 13.2. The minimum atomic E-state index is -2.40.